The number of rotatable bonds is 2. The molecule has 0 radical (unpaired) electrons. The number of fused-ring (bicyclic) bond motifs is 2. The first-order chi connectivity index (χ1) is 12.5. The van der Waals surface area contributed by atoms with E-state index in [-0.39, 0.29) is 12.7 Å². The zero-order valence-corrected chi connectivity index (χ0v) is 15.4. The minimum Gasteiger partial charge on any atom is -0.496 e. The summed E-state index contributed by atoms with van der Waals surface area (Å²) in [4.78, 5) is 0. The number of benzene rings is 2. The highest BCUT2D eigenvalue weighted by Gasteiger charge is 2.47. The van der Waals surface area contributed by atoms with Gasteiger partial charge >= 0.3 is 5.97 Å². The predicted octanol–water partition coefficient (Wildman–Crippen LogP) is 3.25. The van der Waals surface area contributed by atoms with E-state index in [4.69, 9.17) is 18.9 Å². The van der Waals surface area contributed by atoms with Gasteiger partial charge in [0.25, 0.3) is 0 Å². The Labute approximate surface area is 152 Å². The van der Waals surface area contributed by atoms with Crippen molar-refractivity contribution < 1.29 is 29.2 Å². The number of hydrogen-bond donors (Lipinski definition) is 2. The van der Waals surface area contributed by atoms with E-state index in [1.807, 2.05) is 44.2 Å². The summed E-state index contributed by atoms with van der Waals surface area (Å²) >= 11 is 0. The van der Waals surface area contributed by atoms with Gasteiger partial charge in [-0.3, -0.25) is 0 Å². The lowest BCUT2D eigenvalue weighted by molar-refractivity contribution is -0.328. The molecule has 26 heavy (non-hydrogen) atoms. The maximum Gasteiger partial charge on any atom is 0.325 e. The van der Waals surface area contributed by atoms with Crippen LogP contribution in [0.4, 0.5) is 0 Å². The first kappa shape index (κ1) is 18.4. The Balaban J connectivity index is 0.000000948. The molecule has 0 bridgehead atoms. The summed E-state index contributed by atoms with van der Waals surface area (Å²) in [5.41, 5.74) is 1.65. The molecule has 0 aromatic heterocycles. The van der Waals surface area contributed by atoms with Crippen molar-refractivity contribution in [3.05, 3.63) is 47.5 Å². The number of aliphatic hydroxyl groups is 2. The van der Waals surface area contributed by atoms with Gasteiger partial charge in [0, 0.05) is 23.1 Å². The second kappa shape index (κ2) is 7.05. The van der Waals surface area contributed by atoms with Crippen LogP contribution in [0.15, 0.2) is 36.4 Å². The summed E-state index contributed by atoms with van der Waals surface area (Å²) in [6.45, 7) is 5.86. The smallest absolute Gasteiger partial charge is 0.325 e. The van der Waals surface area contributed by atoms with Crippen LogP contribution >= 0.6 is 0 Å². The summed E-state index contributed by atoms with van der Waals surface area (Å²) in [6.07, 6.45) is 0. The molecule has 140 valence electrons. The maximum absolute atomic E-state index is 10.4. The average molecular weight is 360 g/mol. The lowest BCUT2D eigenvalue weighted by Gasteiger charge is -2.40. The second-order valence-corrected chi connectivity index (χ2v) is 6.01. The quantitative estimate of drug-likeness (QED) is 0.801. The standard InChI is InChI=1S/C18H18O6.C2H6/c1-10-17(11-5-3-4-6-13(11)21-2)12-7-15-16(23-9-22-15)8-14(12)24-18(10,19)20;1-2/h3-8,10,17,19-20H,9H2,1-2H3;1-2H3. The molecule has 0 aliphatic carbocycles. The van der Waals surface area contributed by atoms with Gasteiger partial charge in [0.05, 0.1) is 13.0 Å². The van der Waals surface area contributed by atoms with E-state index in [1.54, 1.807) is 20.1 Å². The minimum atomic E-state index is -2.30. The van der Waals surface area contributed by atoms with Crippen LogP contribution in [0.25, 0.3) is 0 Å². The first-order valence-corrected chi connectivity index (χ1v) is 8.71. The molecular weight excluding hydrogens is 336 g/mol. The molecule has 2 unspecified atom stereocenters. The van der Waals surface area contributed by atoms with Crippen molar-refractivity contribution in [1.82, 2.24) is 0 Å². The zero-order chi connectivity index (χ0) is 18.9. The molecule has 0 fully saturated rings. The molecule has 2 heterocycles. The molecule has 2 N–H and O–H groups in total. The molecule has 6 nitrogen and oxygen atoms in total. The van der Waals surface area contributed by atoms with Crippen molar-refractivity contribution in [2.24, 2.45) is 5.92 Å². The van der Waals surface area contributed by atoms with Gasteiger partial charge in [0.15, 0.2) is 11.5 Å². The average Bonchev–Trinajstić information content (AvgIpc) is 3.10. The number of para-hydroxylation sites is 1. The van der Waals surface area contributed by atoms with Gasteiger partial charge in [-0.05, 0) is 12.1 Å². The minimum absolute atomic E-state index is 0.135. The van der Waals surface area contributed by atoms with E-state index >= 15 is 0 Å². The van der Waals surface area contributed by atoms with Crippen molar-refractivity contribution in [3.63, 3.8) is 0 Å². The molecule has 0 amide bonds. The summed E-state index contributed by atoms with van der Waals surface area (Å²) in [6, 6.07) is 11.0. The first-order valence-electron chi connectivity index (χ1n) is 8.71. The Morgan fingerprint density at radius 1 is 1.00 bits per heavy atom. The fraction of sp³-hybridized carbons (Fsp3) is 0.400. The van der Waals surface area contributed by atoms with Crippen molar-refractivity contribution >= 4 is 0 Å². The van der Waals surface area contributed by atoms with E-state index in [9.17, 15) is 10.2 Å². The third kappa shape index (κ3) is 2.95. The maximum atomic E-state index is 10.4. The van der Waals surface area contributed by atoms with Crippen LogP contribution in [0.3, 0.4) is 0 Å². The Kier molecular flexibility index (Phi) is 4.98. The van der Waals surface area contributed by atoms with Gasteiger partial charge in [0.1, 0.15) is 11.5 Å². The molecular formula is C20H24O6. The van der Waals surface area contributed by atoms with E-state index in [1.165, 1.54) is 0 Å². The van der Waals surface area contributed by atoms with Gasteiger partial charge in [-0.2, -0.15) is 0 Å². The van der Waals surface area contributed by atoms with E-state index < -0.39 is 11.9 Å². The number of ether oxygens (including phenoxy) is 4. The molecule has 0 spiro atoms. The summed E-state index contributed by atoms with van der Waals surface area (Å²) in [5.74, 6) is -1.08. The van der Waals surface area contributed by atoms with Crippen LogP contribution in [0, 0.1) is 5.92 Å². The molecule has 0 saturated carbocycles. The van der Waals surface area contributed by atoms with E-state index in [0.29, 0.717) is 23.0 Å². The Hall–Kier alpha value is -2.44. The van der Waals surface area contributed by atoms with Gasteiger partial charge in [-0.15, -0.1) is 0 Å². The number of hydrogen-bond acceptors (Lipinski definition) is 6. The van der Waals surface area contributed by atoms with E-state index in [0.717, 1.165) is 11.1 Å². The van der Waals surface area contributed by atoms with Crippen molar-refractivity contribution in [3.8, 4) is 23.0 Å². The van der Waals surface area contributed by atoms with Crippen LogP contribution in [0.1, 0.15) is 37.8 Å². The fourth-order valence-corrected chi connectivity index (χ4v) is 3.37. The van der Waals surface area contributed by atoms with Crippen LogP contribution in [-0.2, 0) is 0 Å². The van der Waals surface area contributed by atoms with Crippen LogP contribution < -0.4 is 18.9 Å². The summed E-state index contributed by atoms with van der Waals surface area (Å²) in [7, 11) is 1.59. The van der Waals surface area contributed by atoms with Gasteiger partial charge in [0.2, 0.25) is 6.79 Å². The van der Waals surface area contributed by atoms with E-state index in [2.05, 4.69) is 0 Å². The molecule has 6 heteroatoms. The lowest BCUT2D eigenvalue weighted by atomic mass is 9.77. The summed E-state index contributed by atoms with van der Waals surface area (Å²) in [5, 5.41) is 20.7. The molecule has 2 aromatic carbocycles. The van der Waals surface area contributed by atoms with Gasteiger partial charge in [-0.25, -0.2) is 0 Å². The fourth-order valence-electron chi connectivity index (χ4n) is 3.37. The molecule has 2 aliphatic rings. The molecule has 2 atom stereocenters. The Morgan fingerprint density at radius 3 is 2.35 bits per heavy atom. The van der Waals surface area contributed by atoms with Crippen LogP contribution in [0.5, 0.6) is 23.0 Å². The number of methoxy groups -OCH3 is 1. The van der Waals surface area contributed by atoms with Gasteiger partial charge < -0.3 is 29.2 Å². The zero-order valence-electron chi connectivity index (χ0n) is 15.4. The SMILES string of the molecule is CC.COc1ccccc1C1c2cc3c(cc2OC(O)(O)C1C)OCO3. The molecule has 0 saturated heterocycles. The highest BCUT2D eigenvalue weighted by Crippen LogP contribution is 2.52. The highest BCUT2D eigenvalue weighted by atomic mass is 16.8. The monoisotopic (exact) mass is 360 g/mol. The van der Waals surface area contributed by atoms with Crippen LogP contribution in [0.2, 0.25) is 0 Å². The van der Waals surface area contributed by atoms with Crippen LogP contribution in [-0.4, -0.2) is 30.1 Å². The molecule has 4 rings (SSSR count). The summed E-state index contributed by atoms with van der Waals surface area (Å²) < 4.78 is 21.7. The van der Waals surface area contributed by atoms with Gasteiger partial charge in [-0.1, -0.05) is 39.0 Å². The third-order valence-corrected chi connectivity index (χ3v) is 4.67. The normalized spacial score (nSPS) is 21.8. The topological polar surface area (TPSA) is 77.4 Å². The van der Waals surface area contributed by atoms with Crippen molar-refractivity contribution in [2.75, 3.05) is 13.9 Å². The largest absolute Gasteiger partial charge is 0.496 e. The Bertz CT molecular complexity index is 786. The third-order valence-electron chi connectivity index (χ3n) is 4.67. The van der Waals surface area contributed by atoms with Crippen molar-refractivity contribution in [1.29, 1.82) is 0 Å². The Morgan fingerprint density at radius 2 is 1.65 bits per heavy atom. The lowest BCUT2D eigenvalue weighted by Crippen LogP contribution is -2.48. The molecule has 2 aliphatic heterocycles. The second-order valence-electron chi connectivity index (χ2n) is 6.01. The predicted molar refractivity (Wildman–Crippen MR) is 95.7 cm³/mol. The molecule has 2 aromatic rings. The highest BCUT2D eigenvalue weighted by molar-refractivity contribution is 5.57. The van der Waals surface area contributed by atoms with Crippen molar-refractivity contribution in [2.45, 2.75) is 32.7 Å².